The Bertz CT molecular complexity index is 443. The maximum absolute atomic E-state index is 12.6. The fourth-order valence-electron chi connectivity index (χ4n) is 1.61. The third kappa shape index (κ3) is 4.23. The second-order valence-electron chi connectivity index (χ2n) is 4.22. The summed E-state index contributed by atoms with van der Waals surface area (Å²) in [5.41, 5.74) is -1.77. The van der Waals surface area contributed by atoms with Crippen LogP contribution in [0.3, 0.4) is 0 Å². The molecule has 0 fully saturated rings. The maximum atomic E-state index is 12.6. The van der Waals surface area contributed by atoms with Crippen LogP contribution in [-0.2, 0) is 13.2 Å². The van der Waals surface area contributed by atoms with E-state index in [0.29, 0.717) is 6.42 Å². The first-order valence-electron chi connectivity index (χ1n) is 5.82. The van der Waals surface area contributed by atoms with Gasteiger partial charge in [0.2, 0.25) is 0 Å². The minimum atomic E-state index is -4.68. The van der Waals surface area contributed by atoms with Crippen molar-refractivity contribution in [2.24, 2.45) is 7.05 Å². The number of aliphatic hydroxyl groups is 1. The Morgan fingerprint density at radius 2 is 2.21 bits per heavy atom. The molecule has 1 rings (SSSR count). The number of aromatic nitrogens is 2. The molecule has 1 amide bonds. The number of hydrogen-bond donors (Lipinski definition) is 2. The molecular formula is C11H16F3N3O2. The van der Waals surface area contributed by atoms with Gasteiger partial charge in [-0.15, -0.1) is 0 Å². The van der Waals surface area contributed by atoms with Crippen LogP contribution in [0.25, 0.3) is 0 Å². The minimum absolute atomic E-state index is 0.0845. The Morgan fingerprint density at radius 3 is 2.74 bits per heavy atom. The molecule has 1 atom stereocenters. The van der Waals surface area contributed by atoms with E-state index in [0.717, 1.165) is 17.3 Å². The number of nitrogens with zero attached hydrogens (tertiary/aromatic N) is 2. The van der Waals surface area contributed by atoms with Crippen molar-refractivity contribution in [3.8, 4) is 0 Å². The molecule has 0 aliphatic rings. The second-order valence-corrected chi connectivity index (χ2v) is 4.22. The zero-order valence-corrected chi connectivity index (χ0v) is 10.7. The van der Waals surface area contributed by atoms with Crippen molar-refractivity contribution in [1.82, 2.24) is 15.1 Å². The molecule has 0 aliphatic carbocycles. The molecule has 8 heteroatoms. The number of hydrogen-bond acceptors (Lipinski definition) is 3. The SMILES string of the molecule is CCCC(O)CNC(=O)c1cn(C)nc1C(F)(F)F. The number of amides is 1. The molecule has 5 nitrogen and oxygen atoms in total. The average Bonchev–Trinajstić information content (AvgIpc) is 2.68. The van der Waals surface area contributed by atoms with Crippen LogP contribution in [0, 0.1) is 0 Å². The lowest BCUT2D eigenvalue weighted by Crippen LogP contribution is -2.33. The van der Waals surface area contributed by atoms with Crippen molar-refractivity contribution < 1.29 is 23.1 Å². The molecule has 0 aliphatic heterocycles. The molecule has 2 N–H and O–H groups in total. The van der Waals surface area contributed by atoms with Gasteiger partial charge in [-0.3, -0.25) is 9.48 Å². The number of aliphatic hydroxyl groups excluding tert-OH is 1. The first-order valence-corrected chi connectivity index (χ1v) is 5.82. The number of halogens is 3. The lowest BCUT2D eigenvalue weighted by Gasteiger charge is -2.11. The highest BCUT2D eigenvalue weighted by Gasteiger charge is 2.38. The molecule has 0 aromatic carbocycles. The van der Waals surface area contributed by atoms with Gasteiger partial charge in [0.25, 0.3) is 5.91 Å². The summed E-state index contributed by atoms with van der Waals surface area (Å²) < 4.78 is 38.8. The van der Waals surface area contributed by atoms with Crippen LogP contribution in [-0.4, -0.2) is 33.4 Å². The van der Waals surface area contributed by atoms with Gasteiger partial charge in [-0.2, -0.15) is 18.3 Å². The molecule has 19 heavy (non-hydrogen) atoms. The van der Waals surface area contributed by atoms with Gasteiger partial charge in [0, 0.05) is 19.8 Å². The van der Waals surface area contributed by atoms with Gasteiger partial charge in [-0.25, -0.2) is 0 Å². The molecule has 0 bridgehead atoms. The number of aryl methyl sites for hydroxylation is 1. The van der Waals surface area contributed by atoms with Crippen molar-refractivity contribution in [1.29, 1.82) is 0 Å². The van der Waals surface area contributed by atoms with Crippen LogP contribution in [0.4, 0.5) is 13.2 Å². The largest absolute Gasteiger partial charge is 0.435 e. The predicted molar refractivity (Wildman–Crippen MR) is 61.5 cm³/mol. The fraction of sp³-hybridized carbons (Fsp3) is 0.636. The van der Waals surface area contributed by atoms with E-state index in [4.69, 9.17) is 0 Å². The van der Waals surface area contributed by atoms with Gasteiger partial charge < -0.3 is 10.4 Å². The van der Waals surface area contributed by atoms with Crippen molar-refractivity contribution in [2.45, 2.75) is 32.0 Å². The molecule has 1 unspecified atom stereocenters. The monoisotopic (exact) mass is 279 g/mol. The van der Waals surface area contributed by atoms with E-state index in [2.05, 4.69) is 10.4 Å². The first kappa shape index (κ1) is 15.5. The summed E-state index contributed by atoms with van der Waals surface area (Å²) in [4.78, 5) is 11.7. The van der Waals surface area contributed by atoms with Crippen LogP contribution in [0.15, 0.2) is 6.20 Å². The molecule has 0 saturated heterocycles. The lowest BCUT2D eigenvalue weighted by molar-refractivity contribution is -0.141. The standard InChI is InChI=1S/C11H16F3N3O2/c1-3-4-7(18)5-15-10(19)8-6-17(2)16-9(8)11(12,13)14/h6-7,18H,3-5H2,1-2H3,(H,15,19). The van der Waals surface area contributed by atoms with E-state index in [1.54, 1.807) is 0 Å². The molecule has 1 aromatic heterocycles. The summed E-state index contributed by atoms with van der Waals surface area (Å²) in [7, 11) is 1.30. The number of carbonyl (C=O) groups is 1. The zero-order chi connectivity index (χ0) is 14.6. The number of nitrogens with one attached hydrogen (secondary N) is 1. The fourth-order valence-corrected chi connectivity index (χ4v) is 1.61. The molecule has 1 heterocycles. The number of carbonyl (C=O) groups excluding carboxylic acids is 1. The van der Waals surface area contributed by atoms with Crippen molar-refractivity contribution >= 4 is 5.91 Å². The Hall–Kier alpha value is -1.57. The summed E-state index contributed by atoms with van der Waals surface area (Å²) in [6.45, 7) is 1.77. The molecule has 0 saturated carbocycles. The highest BCUT2D eigenvalue weighted by atomic mass is 19.4. The highest BCUT2D eigenvalue weighted by molar-refractivity contribution is 5.95. The van der Waals surface area contributed by atoms with E-state index >= 15 is 0 Å². The van der Waals surface area contributed by atoms with Gasteiger partial charge in [0.05, 0.1) is 11.7 Å². The van der Waals surface area contributed by atoms with Gasteiger partial charge in [-0.1, -0.05) is 13.3 Å². The van der Waals surface area contributed by atoms with Crippen molar-refractivity contribution in [3.63, 3.8) is 0 Å². The quantitative estimate of drug-likeness (QED) is 0.854. The van der Waals surface area contributed by atoms with Gasteiger partial charge >= 0.3 is 6.18 Å². The number of alkyl halides is 3. The molecule has 108 valence electrons. The second kappa shape index (κ2) is 6.05. The Kier molecular flexibility index (Phi) is 4.93. The Morgan fingerprint density at radius 1 is 1.58 bits per heavy atom. The molecular weight excluding hydrogens is 263 g/mol. The van der Waals surface area contributed by atoms with Gasteiger partial charge in [0.15, 0.2) is 5.69 Å². The van der Waals surface area contributed by atoms with Crippen LogP contribution in [0.5, 0.6) is 0 Å². The molecule has 0 radical (unpaired) electrons. The van der Waals surface area contributed by atoms with Crippen LogP contribution < -0.4 is 5.32 Å². The number of rotatable bonds is 5. The third-order valence-electron chi connectivity index (χ3n) is 2.46. The summed E-state index contributed by atoms with van der Waals surface area (Å²) in [5.74, 6) is -0.893. The van der Waals surface area contributed by atoms with E-state index in [9.17, 15) is 23.1 Å². The third-order valence-corrected chi connectivity index (χ3v) is 2.46. The average molecular weight is 279 g/mol. The van der Waals surface area contributed by atoms with Crippen LogP contribution >= 0.6 is 0 Å². The van der Waals surface area contributed by atoms with Crippen molar-refractivity contribution in [2.75, 3.05) is 6.54 Å². The van der Waals surface area contributed by atoms with Crippen LogP contribution in [0.1, 0.15) is 35.8 Å². The van der Waals surface area contributed by atoms with Gasteiger partial charge in [0.1, 0.15) is 0 Å². The Labute approximate surface area is 108 Å². The first-order chi connectivity index (χ1) is 8.75. The molecule has 1 aromatic rings. The van der Waals surface area contributed by atoms with Gasteiger partial charge in [-0.05, 0) is 6.42 Å². The smallest absolute Gasteiger partial charge is 0.391 e. The van der Waals surface area contributed by atoms with E-state index in [1.807, 2.05) is 6.92 Å². The Balaban J connectivity index is 2.77. The minimum Gasteiger partial charge on any atom is -0.391 e. The van der Waals surface area contributed by atoms with E-state index in [-0.39, 0.29) is 6.54 Å². The molecule has 0 spiro atoms. The zero-order valence-electron chi connectivity index (χ0n) is 10.7. The van der Waals surface area contributed by atoms with E-state index in [1.165, 1.54) is 7.05 Å². The summed E-state index contributed by atoms with van der Waals surface area (Å²) in [5, 5.41) is 14.9. The predicted octanol–water partition coefficient (Wildman–Crippen LogP) is 1.33. The topological polar surface area (TPSA) is 67.2 Å². The lowest BCUT2D eigenvalue weighted by atomic mass is 10.2. The van der Waals surface area contributed by atoms with E-state index < -0.39 is 29.4 Å². The summed E-state index contributed by atoms with van der Waals surface area (Å²) >= 11 is 0. The maximum Gasteiger partial charge on any atom is 0.435 e. The van der Waals surface area contributed by atoms with Crippen molar-refractivity contribution in [3.05, 3.63) is 17.5 Å². The summed E-state index contributed by atoms with van der Waals surface area (Å²) in [6, 6.07) is 0. The van der Waals surface area contributed by atoms with Crippen LogP contribution in [0.2, 0.25) is 0 Å². The summed E-state index contributed by atoms with van der Waals surface area (Å²) in [6.07, 6.45) is -3.25. The highest BCUT2D eigenvalue weighted by Crippen LogP contribution is 2.30. The normalized spacial score (nSPS) is 13.4.